The van der Waals surface area contributed by atoms with Crippen molar-refractivity contribution in [2.24, 2.45) is 0 Å². The van der Waals surface area contributed by atoms with Crippen LogP contribution in [0.5, 0.6) is 0 Å². The van der Waals surface area contributed by atoms with Crippen LogP contribution in [0, 0.1) is 0 Å². The smallest absolute Gasteiger partial charge is 0.330 e. The fourth-order valence-corrected chi connectivity index (χ4v) is 3.64. The molecule has 11 heteroatoms. The molecule has 1 atom stereocenters. The summed E-state index contributed by atoms with van der Waals surface area (Å²) in [6.45, 7) is 0. The third-order valence-electron chi connectivity index (χ3n) is 5.03. The van der Waals surface area contributed by atoms with Gasteiger partial charge in [0.05, 0.1) is 12.1 Å². The van der Waals surface area contributed by atoms with Crippen molar-refractivity contribution in [2.75, 3.05) is 5.32 Å². The van der Waals surface area contributed by atoms with Crippen molar-refractivity contribution >= 4 is 17.6 Å². The number of aromatic amines is 1. The van der Waals surface area contributed by atoms with E-state index in [0.29, 0.717) is 5.56 Å². The van der Waals surface area contributed by atoms with Crippen molar-refractivity contribution in [3.05, 3.63) is 92.6 Å². The molecule has 0 radical (unpaired) electrons. The Labute approximate surface area is 177 Å². The van der Waals surface area contributed by atoms with Crippen LogP contribution in [0.15, 0.2) is 70.3 Å². The normalized spacial score (nSPS) is 17.5. The Kier molecular flexibility index (Phi) is 4.96. The Balaban J connectivity index is 1.90. The van der Waals surface area contributed by atoms with Gasteiger partial charge in [-0.2, -0.15) is 13.2 Å². The summed E-state index contributed by atoms with van der Waals surface area (Å²) in [6, 6.07) is 15.4. The maximum absolute atomic E-state index is 14.3. The summed E-state index contributed by atoms with van der Waals surface area (Å²) in [5, 5.41) is 3.70. The largest absolute Gasteiger partial charge is 0.425 e. The van der Waals surface area contributed by atoms with Crippen molar-refractivity contribution in [3.8, 4) is 5.69 Å². The predicted molar refractivity (Wildman–Crippen MR) is 107 cm³/mol. The number of hydrogen-bond acceptors (Lipinski definition) is 4. The first-order chi connectivity index (χ1) is 15.1. The van der Waals surface area contributed by atoms with E-state index in [0.717, 1.165) is 4.57 Å². The maximum atomic E-state index is 14.3. The number of hydrogen-bond donors (Lipinski definition) is 3. The lowest BCUT2D eigenvalue weighted by Gasteiger charge is -2.30. The number of amides is 2. The van der Waals surface area contributed by atoms with Crippen LogP contribution in [0.4, 0.5) is 19.0 Å². The summed E-state index contributed by atoms with van der Waals surface area (Å²) in [5.41, 5.74) is -6.75. The van der Waals surface area contributed by atoms with E-state index >= 15 is 0 Å². The highest BCUT2D eigenvalue weighted by Gasteiger charge is 2.68. The first-order valence-corrected chi connectivity index (χ1v) is 9.33. The highest BCUT2D eigenvalue weighted by atomic mass is 19.4. The van der Waals surface area contributed by atoms with Crippen LogP contribution >= 0.6 is 0 Å². The van der Waals surface area contributed by atoms with Gasteiger partial charge in [0.25, 0.3) is 11.5 Å². The quantitative estimate of drug-likeness (QED) is 0.567. The van der Waals surface area contributed by atoms with Gasteiger partial charge < -0.3 is 10.6 Å². The van der Waals surface area contributed by atoms with E-state index in [1.807, 2.05) is 10.3 Å². The fourth-order valence-electron chi connectivity index (χ4n) is 3.64. The van der Waals surface area contributed by atoms with E-state index in [1.165, 1.54) is 36.4 Å². The number of nitrogens with one attached hydrogen (secondary N) is 3. The molecule has 2 heterocycles. The van der Waals surface area contributed by atoms with Crippen molar-refractivity contribution < 1.29 is 22.8 Å². The third-order valence-corrected chi connectivity index (χ3v) is 5.03. The molecule has 1 aliphatic rings. The van der Waals surface area contributed by atoms with Gasteiger partial charge in [0.15, 0.2) is 0 Å². The average molecular weight is 444 g/mol. The molecule has 0 aliphatic carbocycles. The van der Waals surface area contributed by atoms with E-state index in [9.17, 15) is 32.3 Å². The minimum Gasteiger partial charge on any atom is -0.330 e. The first-order valence-electron chi connectivity index (χ1n) is 9.33. The highest BCUT2D eigenvalue weighted by Crippen LogP contribution is 2.45. The molecule has 0 fully saturated rings. The number of para-hydroxylation sites is 1. The molecule has 164 valence electrons. The SMILES string of the molecule is O=C(Cc1ccccc1)N[C@@]1(C(F)(F)F)C(=O)Nc2c1c(=O)[nH]c(=O)n2-c1ccccc1. The van der Waals surface area contributed by atoms with Crippen LogP contribution in [0.2, 0.25) is 0 Å². The molecule has 3 aromatic rings. The Hall–Kier alpha value is -4.15. The van der Waals surface area contributed by atoms with Crippen molar-refractivity contribution in [1.82, 2.24) is 14.9 Å². The van der Waals surface area contributed by atoms with Crippen molar-refractivity contribution in [2.45, 2.75) is 18.1 Å². The molecule has 0 bridgehead atoms. The molecule has 4 rings (SSSR count). The van der Waals surface area contributed by atoms with E-state index < -0.39 is 52.6 Å². The summed E-state index contributed by atoms with van der Waals surface area (Å²) in [5.74, 6) is -3.48. The number of fused-ring (bicyclic) bond motifs is 1. The Bertz CT molecular complexity index is 1320. The summed E-state index contributed by atoms with van der Waals surface area (Å²) < 4.78 is 43.8. The summed E-state index contributed by atoms with van der Waals surface area (Å²) in [6.07, 6.45) is -5.85. The van der Waals surface area contributed by atoms with Crippen LogP contribution in [-0.2, 0) is 21.5 Å². The lowest BCUT2D eigenvalue weighted by Crippen LogP contribution is -2.62. The van der Waals surface area contributed by atoms with E-state index in [1.54, 1.807) is 29.6 Å². The molecule has 8 nitrogen and oxygen atoms in total. The van der Waals surface area contributed by atoms with Gasteiger partial charge in [-0.3, -0.25) is 19.4 Å². The van der Waals surface area contributed by atoms with E-state index in [2.05, 4.69) is 0 Å². The second kappa shape index (κ2) is 7.52. The number of alkyl halides is 3. The molecule has 0 spiro atoms. The molecule has 1 aromatic heterocycles. The van der Waals surface area contributed by atoms with Gasteiger partial charge in [0.2, 0.25) is 11.4 Å². The van der Waals surface area contributed by atoms with Gasteiger partial charge in [0.1, 0.15) is 11.4 Å². The van der Waals surface area contributed by atoms with Gasteiger partial charge in [-0.15, -0.1) is 0 Å². The highest BCUT2D eigenvalue weighted by molar-refractivity contribution is 6.07. The molecule has 1 aliphatic heterocycles. The average Bonchev–Trinajstić information content (AvgIpc) is 3.02. The Morgan fingerprint density at radius 3 is 2.16 bits per heavy atom. The maximum Gasteiger partial charge on any atom is 0.425 e. The minimum atomic E-state index is -5.39. The van der Waals surface area contributed by atoms with E-state index in [-0.39, 0.29) is 5.69 Å². The molecular weight excluding hydrogens is 429 g/mol. The zero-order chi connectivity index (χ0) is 23.1. The van der Waals surface area contributed by atoms with E-state index in [4.69, 9.17) is 0 Å². The van der Waals surface area contributed by atoms with Crippen LogP contribution in [-0.4, -0.2) is 27.5 Å². The molecule has 0 saturated heterocycles. The minimum absolute atomic E-state index is 0.110. The number of halogens is 3. The second-order valence-corrected chi connectivity index (χ2v) is 7.07. The molecule has 0 unspecified atom stereocenters. The number of nitrogens with zero attached hydrogens (tertiary/aromatic N) is 1. The number of aromatic nitrogens is 2. The second-order valence-electron chi connectivity index (χ2n) is 7.07. The molecule has 0 saturated carbocycles. The van der Waals surface area contributed by atoms with Gasteiger partial charge in [-0.25, -0.2) is 9.36 Å². The van der Waals surface area contributed by atoms with Gasteiger partial charge in [-0.05, 0) is 17.7 Å². The Morgan fingerprint density at radius 1 is 0.969 bits per heavy atom. The number of rotatable bonds is 4. The van der Waals surface area contributed by atoms with Crippen LogP contribution < -0.4 is 21.9 Å². The standard InChI is InChI=1S/C21H15F3N4O4/c22-21(23,24)20(27-14(29)11-12-7-3-1-4-8-12)15-16(25-18(20)31)28(19(32)26-17(15)30)13-9-5-2-6-10-13/h1-10H,11H2,(H,25,31)(H,27,29)(H,26,30,32)/t20-/m1/s1. The lowest BCUT2D eigenvalue weighted by molar-refractivity contribution is -0.200. The fraction of sp³-hybridized carbons (Fsp3) is 0.143. The number of benzene rings is 2. The molecule has 3 N–H and O–H groups in total. The number of anilines is 1. The molecule has 2 aromatic carbocycles. The topological polar surface area (TPSA) is 113 Å². The predicted octanol–water partition coefficient (Wildman–Crippen LogP) is 1.59. The molecule has 2 amide bonds. The van der Waals surface area contributed by atoms with Crippen LogP contribution in [0.1, 0.15) is 11.1 Å². The summed E-state index contributed by atoms with van der Waals surface area (Å²) in [7, 11) is 0. The lowest BCUT2D eigenvalue weighted by atomic mass is 9.91. The number of carbonyl (C=O) groups is 2. The van der Waals surface area contributed by atoms with Gasteiger partial charge in [-0.1, -0.05) is 48.5 Å². The summed E-state index contributed by atoms with van der Waals surface area (Å²) >= 11 is 0. The van der Waals surface area contributed by atoms with Crippen molar-refractivity contribution in [3.63, 3.8) is 0 Å². The van der Waals surface area contributed by atoms with Crippen molar-refractivity contribution in [1.29, 1.82) is 0 Å². The number of carbonyl (C=O) groups excluding carboxylic acids is 2. The summed E-state index contributed by atoms with van der Waals surface area (Å²) in [4.78, 5) is 52.0. The van der Waals surface area contributed by atoms with Gasteiger partial charge >= 0.3 is 11.9 Å². The Morgan fingerprint density at radius 2 is 1.56 bits per heavy atom. The monoisotopic (exact) mass is 444 g/mol. The van der Waals surface area contributed by atoms with Crippen LogP contribution in [0.25, 0.3) is 5.69 Å². The first kappa shape index (κ1) is 21.1. The number of H-pyrrole nitrogens is 1. The zero-order valence-corrected chi connectivity index (χ0v) is 16.2. The third kappa shape index (κ3) is 3.27. The van der Waals surface area contributed by atoms with Gasteiger partial charge in [0, 0.05) is 0 Å². The van der Waals surface area contributed by atoms with Crippen LogP contribution in [0.3, 0.4) is 0 Å². The molecule has 32 heavy (non-hydrogen) atoms. The molecular formula is C21H15F3N4O4. The zero-order valence-electron chi connectivity index (χ0n) is 16.2.